The fourth-order valence-corrected chi connectivity index (χ4v) is 2.51. The fraction of sp³-hybridized carbons (Fsp3) is 0.500. The summed E-state index contributed by atoms with van der Waals surface area (Å²) in [7, 11) is 2.07. The van der Waals surface area contributed by atoms with Gasteiger partial charge in [-0.1, -0.05) is 6.07 Å². The highest BCUT2D eigenvalue weighted by Crippen LogP contribution is 2.35. The van der Waals surface area contributed by atoms with Gasteiger partial charge in [0.15, 0.2) is 0 Å². The molecule has 1 aliphatic rings. The van der Waals surface area contributed by atoms with E-state index in [4.69, 9.17) is 16.3 Å². The maximum absolute atomic E-state index is 10.6. The van der Waals surface area contributed by atoms with E-state index in [0.29, 0.717) is 6.61 Å². The second-order valence-electron chi connectivity index (χ2n) is 4.31. The Bertz CT molecular complexity index is 385. The molecule has 1 aliphatic heterocycles. The van der Waals surface area contributed by atoms with Crippen LogP contribution in [0.4, 0.5) is 4.79 Å². The van der Waals surface area contributed by atoms with Gasteiger partial charge < -0.3 is 4.74 Å². The Labute approximate surface area is 106 Å². The third-order valence-corrected chi connectivity index (χ3v) is 3.32. The van der Waals surface area contributed by atoms with Gasteiger partial charge in [-0.2, -0.15) is 0 Å². The Morgan fingerprint density at radius 1 is 1.71 bits per heavy atom. The van der Waals surface area contributed by atoms with Crippen molar-refractivity contribution in [3.05, 3.63) is 30.1 Å². The Kier molecular flexibility index (Phi) is 3.97. The molecule has 1 aromatic heterocycles. The summed E-state index contributed by atoms with van der Waals surface area (Å²) < 4.78 is 4.91. The number of carbonyl (C=O) groups is 1. The van der Waals surface area contributed by atoms with Gasteiger partial charge in [0.25, 0.3) is 0 Å². The van der Waals surface area contributed by atoms with Crippen molar-refractivity contribution in [2.24, 2.45) is 5.92 Å². The average molecular weight is 255 g/mol. The monoisotopic (exact) mass is 254 g/mol. The molecule has 1 fully saturated rings. The minimum absolute atomic E-state index is 0.250. The summed E-state index contributed by atoms with van der Waals surface area (Å²) in [5.41, 5.74) is 0.424. The van der Waals surface area contributed by atoms with E-state index in [0.717, 1.165) is 18.5 Å². The first-order valence-electron chi connectivity index (χ1n) is 5.61. The lowest BCUT2D eigenvalue weighted by molar-refractivity contribution is 0.137. The highest BCUT2D eigenvalue weighted by atomic mass is 35.5. The van der Waals surface area contributed by atoms with Crippen LogP contribution in [0.1, 0.15) is 18.0 Å². The Balaban J connectivity index is 2.09. The summed E-state index contributed by atoms with van der Waals surface area (Å²) in [5.74, 6) is 0.284. The van der Waals surface area contributed by atoms with Crippen LogP contribution in [0.3, 0.4) is 0 Å². The van der Waals surface area contributed by atoms with E-state index >= 15 is 0 Å². The normalized spacial score (nSPS) is 24.8. The summed E-state index contributed by atoms with van der Waals surface area (Å²) in [4.78, 5) is 17.0. The largest absolute Gasteiger partial charge is 0.453 e. The van der Waals surface area contributed by atoms with Crippen LogP contribution in [0.5, 0.6) is 0 Å². The van der Waals surface area contributed by atoms with Crippen LogP contribution in [0.15, 0.2) is 24.5 Å². The summed E-state index contributed by atoms with van der Waals surface area (Å²) in [6.45, 7) is 1.36. The third kappa shape index (κ3) is 2.96. The molecule has 2 atom stereocenters. The zero-order valence-corrected chi connectivity index (χ0v) is 10.4. The van der Waals surface area contributed by atoms with Gasteiger partial charge in [0.1, 0.15) is 0 Å². The van der Waals surface area contributed by atoms with Crippen molar-refractivity contribution in [3.63, 3.8) is 0 Å². The Morgan fingerprint density at radius 2 is 2.53 bits per heavy atom. The second-order valence-corrected chi connectivity index (χ2v) is 4.62. The highest BCUT2D eigenvalue weighted by molar-refractivity contribution is 6.61. The van der Waals surface area contributed by atoms with Crippen LogP contribution in [-0.4, -0.2) is 35.5 Å². The number of halogens is 1. The molecule has 0 radical (unpaired) electrons. The number of carbonyl (C=O) groups excluding carboxylic acids is 1. The number of nitrogens with zero attached hydrogens (tertiary/aromatic N) is 2. The van der Waals surface area contributed by atoms with E-state index < -0.39 is 5.43 Å². The maximum atomic E-state index is 10.6. The number of hydrogen-bond donors (Lipinski definition) is 0. The number of hydrogen-bond acceptors (Lipinski definition) is 4. The van der Waals surface area contributed by atoms with Crippen LogP contribution < -0.4 is 0 Å². The van der Waals surface area contributed by atoms with E-state index in [1.165, 1.54) is 0 Å². The molecular formula is C12H15ClN2O2. The first-order valence-corrected chi connectivity index (χ1v) is 5.98. The number of aromatic nitrogens is 1. The van der Waals surface area contributed by atoms with E-state index in [9.17, 15) is 4.79 Å². The number of ether oxygens (including phenoxy) is 1. The number of rotatable bonds is 3. The molecule has 2 rings (SSSR count). The van der Waals surface area contributed by atoms with Gasteiger partial charge in [-0.15, -0.1) is 0 Å². The predicted octanol–water partition coefficient (Wildman–Crippen LogP) is 2.45. The molecule has 2 unspecified atom stereocenters. The van der Waals surface area contributed by atoms with Gasteiger partial charge >= 0.3 is 5.43 Å². The topological polar surface area (TPSA) is 42.4 Å². The van der Waals surface area contributed by atoms with Gasteiger partial charge in [0, 0.05) is 36.0 Å². The van der Waals surface area contributed by atoms with Gasteiger partial charge in [0.05, 0.1) is 6.61 Å². The van der Waals surface area contributed by atoms with Crippen LogP contribution in [0.2, 0.25) is 0 Å². The molecule has 0 aliphatic carbocycles. The van der Waals surface area contributed by atoms with Crippen molar-refractivity contribution in [1.29, 1.82) is 0 Å². The van der Waals surface area contributed by atoms with Crippen molar-refractivity contribution in [3.8, 4) is 0 Å². The molecule has 0 bridgehead atoms. The van der Waals surface area contributed by atoms with Gasteiger partial charge in [0.2, 0.25) is 0 Å². The third-order valence-electron chi connectivity index (χ3n) is 3.21. The minimum atomic E-state index is -0.732. The smallest absolute Gasteiger partial charge is 0.403 e. The molecule has 5 heteroatoms. The lowest BCUT2D eigenvalue weighted by Gasteiger charge is -2.24. The molecular weight excluding hydrogens is 240 g/mol. The predicted molar refractivity (Wildman–Crippen MR) is 64.9 cm³/mol. The quantitative estimate of drug-likeness (QED) is 0.777. The van der Waals surface area contributed by atoms with Crippen molar-refractivity contribution in [1.82, 2.24) is 9.88 Å². The van der Waals surface area contributed by atoms with Crippen LogP contribution in [0.25, 0.3) is 0 Å². The van der Waals surface area contributed by atoms with Gasteiger partial charge in [-0.25, -0.2) is 4.79 Å². The first kappa shape index (κ1) is 12.3. The Hall–Kier alpha value is -1.13. The zero-order chi connectivity index (χ0) is 12.3. The lowest BCUT2D eigenvalue weighted by Crippen LogP contribution is -2.23. The van der Waals surface area contributed by atoms with Gasteiger partial charge in [-0.3, -0.25) is 9.88 Å². The summed E-state index contributed by atoms with van der Waals surface area (Å²) >= 11 is 5.20. The van der Waals surface area contributed by atoms with Crippen molar-refractivity contribution in [2.75, 3.05) is 20.2 Å². The first-order chi connectivity index (χ1) is 8.18. The fourth-order valence-electron chi connectivity index (χ4n) is 2.45. The molecule has 0 amide bonds. The average Bonchev–Trinajstić information content (AvgIpc) is 2.69. The molecule has 92 valence electrons. The summed E-state index contributed by atoms with van der Waals surface area (Å²) in [5, 5.41) is 0. The molecule has 0 N–H and O–H groups in total. The molecule has 0 saturated carbocycles. The highest BCUT2D eigenvalue weighted by Gasteiger charge is 2.33. The van der Waals surface area contributed by atoms with E-state index in [-0.39, 0.29) is 12.0 Å². The van der Waals surface area contributed by atoms with Crippen LogP contribution in [-0.2, 0) is 4.74 Å². The molecule has 4 nitrogen and oxygen atoms in total. The lowest BCUT2D eigenvalue weighted by atomic mass is 9.96. The molecule has 0 aromatic carbocycles. The number of pyridine rings is 1. The van der Waals surface area contributed by atoms with Crippen LogP contribution >= 0.6 is 11.6 Å². The molecule has 17 heavy (non-hydrogen) atoms. The molecule has 2 heterocycles. The summed E-state index contributed by atoms with van der Waals surface area (Å²) in [6, 6.07) is 4.22. The standard InChI is InChI=1S/C12H15ClN2O2/c1-15-6-4-10(8-17-12(13)16)11(15)9-3-2-5-14-7-9/h2-3,5,7,10-11H,4,6,8H2,1H3. The minimum Gasteiger partial charge on any atom is -0.453 e. The SMILES string of the molecule is CN1CCC(COC(=O)Cl)C1c1cccnc1. The summed E-state index contributed by atoms with van der Waals surface area (Å²) in [6.07, 6.45) is 4.62. The van der Waals surface area contributed by atoms with Crippen molar-refractivity contribution < 1.29 is 9.53 Å². The maximum Gasteiger partial charge on any atom is 0.403 e. The second kappa shape index (κ2) is 5.47. The molecule has 1 saturated heterocycles. The van der Waals surface area contributed by atoms with E-state index in [2.05, 4.69) is 23.0 Å². The van der Waals surface area contributed by atoms with Crippen molar-refractivity contribution in [2.45, 2.75) is 12.5 Å². The number of likely N-dealkylation sites (tertiary alicyclic amines) is 1. The van der Waals surface area contributed by atoms with Crippen molar-refractivity contribution >= 4 is 17.0 Å². The zero-order valence-electron chi connectivity index (χ0n) is 9.67. The van der Waals surface area contributed by atoms with Gasteiger partial charge in [-0.05, 0) is 31.6 Å². The molecule has 0 spiro atoms. The molecule has 1 aromatic rings. The van der Waals surface area contributed by atoms with E-state index in [1.807, 2.05) is 12.3 Å². The van der Waals surface area contributed by atoms with Crippen LogP contribution in [0, 0.1) is 5.92 Å². The van der Waals surface area contributed by atoms with E-state index in [1.54, 1.807) is 6.20 Å². The Morgan fingerprint density at radius 3 is 3.18 bits per heavy atom.